The van der Waals surface area contributed by atoms with Crippen LogP contribution in [-0.2, 0) is 18.9 Å². The van der Waals surface area contributed by atoms with Gasteiger partial charge in [0.1, 0.15) is 54.9 Å². The molecule has 0 radical (unpaired) electrons. The summed E-state index contributed by atoms with van der Waals surface area (Å²) in [7, 11) is 0. The van der Waals surface area contributed by atoms with E-state index < -0.39 is 98.3 Å². The van der Waals surface area contributed by atoms with E-state index in [2.05, 4.69) is 0 Å². The van der Waals surface area contributed by atoms with E-state index in [1.165, 1.54) is 0 Å². The zero-order valence-electron chi connectivity index (χ0n) is 18.0. The first-order valence-electron chi connectivity index (χ1n) is 10.9. The molecule has 3 rings (SSSR count). The van der Waals surface area contributed by atoms with Crippen molar-refractivity contribution in [1.29, 1.82) is 0 Å². The van der Waals surface area contributed by atoms with Gasteiger partial charge in [0.2, 0.25) is 0 Å². The molecule has 16 N–H and O–H groups in total. The lowest BCUT2D eigenvalue weighted by molar-refractivity contribution is -0.318. The second kappa shape index (κ2) is 11.0. The standard InChI is InChI=1S/C18H37N5O10/c19-2-6-11(26)12(27)9(23)17(30-6)32-15-4(20)1-5(21)16(14(15)29)33-18-13(28)8(22)10(25)7(3-24)31-18/h4-18,24-29H,1-3,19-23H2/t4?,5-,6?,7-,8?,9?,10+,11-,12-,13?,14+,15-,16?,17-,18+/m1/s1. The van der Waals surface area contributed by atoms with Crippen LogP contribution in [0.5, 0.6) is 0 Å². The second-order valence-corrected chi connectivity index (χ2v) is 8.88. The molecule has 15 atom stereocenters. The van der Waals surface area contributed by atoms with Gasteiger partial charge < -0.3 is 78.3 Å². The van der Waals surface area contributed by atoms with Crippen molar-refractivity contribution in [3.05, 3.63) is 0 Å². The molecule has 6 unspecified atom stereocenters. The smallest absolute Gasteiger partial charge is 0.186 e. The van der Waals surface area contributed by atoms with Gasteiger partial charge in [-0.3, -0.25) is 0 Å². The molecule has 194 valence electrons. The van der Waals surface area contributed by atoms with Crippen LogP contribution in [0.3, 0.4) is 0 Å². The minimum Gasteiger partial charge on any atom is -0.394 e. The van der Waals surface area contributed by atoms with Gasteiger partial charge in [-0.05, 0) is 6.42 Å². The van der Waals surface area contributed by atoms with Crippen molar-refractivity contribution in [2.75, 3.05) is 13.2 Å². The van der Waals surface area contributed by atoms with Crippen molar-refractivity contribution < 1.29 is 49.6 Å². The predicted molar refractivity (Wildman–Crippen MR) is 110 cm³/mol. The Kier molecular flexibility index (Phi) is 8.99. The Labute approximate surface area is 190 Å². The number of hydrogen-bond donors (Lipinski definition) is 11. The molecule has 1 aliphatic carbocycles. The Bertz CT molecular complexity index is 585. The zero-order chi connectivity index (χ0) is 24.6. The van der Waals surface area contributed by atoms with Crippen LogP contribution in [0.4, 0.5) is 0 Å². The SMILES string of the molecule is NCC1O[C@H](O[C@@H]2C(N)C[C@@H](N)C(O[C@@H]3O[C@H](CO)[C@H](O)C(N)C3O)[C@H]2O)C(N)[C@@H](O)[C@@H]1O. The molecule has 0 spiro atoms. The highest BCUT2D eigenvalue weighted by molar-refractivity contribution is 5.01. The van der Waals surface area contributed by atoms with Crippen molar-refractivity contribution >= 4 is 0 Å². The Morgan fingerprint density at radius 3 is 1.76 bits per heavy atom. The second-order valence-electron chi connectivity index (χ2n) is 8.88. The van der Waals surface area contributed by atoms with E-state index in [-0.39, 0.29) is 13.0 Å². The topological polar surface area (TPSA) is 288 Å². The van der Waals surface area contributed by atoms with Crippen LogP contribution in [0.1, 0.15) is 6.42 Å². The van der Waals surface area contributed by atoms with Gasteiger partial charge in [-0.1, -0.05) is 0 Å². The van der Waals surface area contributed by atoms with Gasteiger partial charge in [0, 0.05) is 18.6 Å². The number of rotatable bonds is 6. The van der Waals surface area contributed by atoms with Gasteiger partial charge in [0.05, 0.1) is 18.7 Å². The monoisotopic (exact) mass is 483 g/mol. The summed E-state index contributed by atoms with van der Waals surface area (Å²) in [6, 6.07) is -3.92. The molecule has 0 aromatic heterocycles. The molecular weight excluding hydrogens is 446 g/mol. The first-order chi connectivity index (χ1) is 15.5. The van der Waals surface area contributed by atoms with Crippen LogP contribution in [0.2, 0.25) is 0 Å². The fourth-order valence-electron chi connectivity index (χ4n) is 4.45. The summed E-state index contributed by atoms with van der Waals surface area (Å²) < 4.78 is 22.5. The molecule has 0 aromatic carbocycles. The van der Waals surface area contributed by atoms with Crippen molar-refractivity contribution in [3.63, 3.8) is 0 Å². The van der Waals surface area contributed by atoms with E-state index in [1.807, 2.05) is 0 Å². The maximum atomic E-state index is 11.0. The molecule has 15 heteroatoms. The Morgan fingerprint density at radius 2 is 1.21 bits per heavy atom. The molecular formula is C18H37N5O10. The highest BCUT2D eigenvalue weighted by atomic mass is 16.7. The maximum Gasteiger partial charge on any atom is 0.186 e. The molecule has 3 aliphatic rings. The summed E-state index contributed by atoms with van der Waals surface area (Å²) in [6.45, 7) is -0.694. The minimum atomic E-state index is -1.48. The van der Waals surface area contributed by atoms with E-state index in [0.717, 1.165) is 0 Å². The summed E-state index contributed by atoms with van der Waals surface area (Å²) >= 11 is 0. The lowest BCUT2D eigenvalue weighted by Gasteiger charge is -2.48. The number of aliphatic hydroxyl groups is 6. The molecule has 0 aromatic rings. The lowest BCUT2D eigenvalue weighted by Crippen LogP contribution is -2.69. The minimum absolute atomic E-state index is 0.115. The van der Waals surface area contributed by atoms with E-state index in [4.69, 9.17) is 47.6 Å². The van der Waals surface area contributed by atoms with Gasteiger partial charge in [-0.25, -0.2) is 0 Å². The molecule has 33 heavy (non-hydrogen) atoms. The molecule has 2 saturated heterocycles. The Balaban J connectivity index is 1.72. The number of aliphatic hydroxyl groups excluding tert-OH is 6. The summed E-state index contributed by atoms with van der Waals surface area (Å²) in [5.74, 6) is 0. The van der Waals surface area contributed by atoms with Gasteiger partial charge in [0.15, 0.2) is 12.6 Å². The van der Waals surface area contributed by atoms with Crippen LogP contribution >= 0.6 is 0 Å². The lowest BCUT2D eigenvalue weighted by atomic mass is 9.84. The van der Waals surface area contributed by atoms with E-state index in [9.17, 15) is 30.6 Å². The first-order valence-corrected chi connectivity index (χ1v) is 10.9. The van der Waals surface area contributed by atoms with Crippen molar-refractivity contribution in [2.45, 2.75) is 98.1 Å². The van der Waals surface area contributed by atoms with Crippen molar-refractivity contribution in [3.8, 4) is 0 Å². The molecule has 1 saturated carbocycles. The van der Waals surface area contributed by atoms with Crippen LogP contribution in [0.15, 0.2) is 0 Å². The number of hydrogen-bond acceptors (Lipinski definition) is 15. The molecule has 2 aliphatic heterocycles. The van der Waals surface area contributed by atoms with Gasteiger partial charge in [-0.15, -0.1) is 0 Å². The van der Waals surface area contributed by atoms with E-state index in [1.54, 1.807) is 0 Å². The van der Waals surface area contributed by atoms with Gasteiger partial charge >= 0.3 is 0 Å². The van der Waals surface area contributed by atoms with Crippen molar-refractivity contribution in [1.82, 2.24) is 0 Å². The van der Waals surface area contributed by atoms with Crippen molar-refractivity contribution in [2.24, 2.45) is 28.7 Å². The normalized spacial score (nSPS) is 53.7. The largest absolute Gasteiger partial charge is 0.394 e. The van der Waals surface area contributed by atoms with Crippen LogP contribution in [-0.4, -0.2) is 135 Å². The number of nitrogens with two attached hydrogens (primary N) is 5. The van der Waals surface area contributed by atoms with Crippen LogP contribution in [0, 0.1) is 0 Å². The highest BCUT2D eigenvalue weighted by Gasteiger charge is 2.51. The molecule has 15 nitrogen and oxygen atoms in total. The molecule has 0 amide bonds. The molecule has 0 bridgehead atoms. The van der Waals surface area contributed by atoms with Crippen LogP contribution < -0.4 is 28.7 Å². The molecule has 2 heterocycles. The average Bonchev–Trinajstić information content (AvgIpc) is 2.79. The van der Waals surface area contributed by atoms with E-state index in [0.29, 0.717) is 0 Å². The predicted octanol–water partition coefficient (Wildman–Crippen LogP) is -7.33. The third kappa shape index (κ3) is 5.32. The van der Waals surface area contributed by atoms with Gasteiger partial charge in [-0.2, -0.15) is 0 Å². The summed E-state index contributed by atoms with van der Waals surface area (Å²) in [4.78, 5) is 0. The molecule has 3 fully saturated rings. The fourth-order valence-corrected chi connectivity index (χ4v) is 4.45. The fraction of sp³-hybridized carbons (Fsp3) is 1.00. The summed E-state index contributed by atoms with van der Waals surface area (Å²) in [5.41, 5.74) is 29.6. The third-order valence-electron chi connectivity index (χ3n) is 6.56. The summed E-state index contributed by atoms with van der Waals surface area (Å²) in [5, 5.41) is 60.9. The number of ether oxygens (including phenoxy) is 4. The third-order valence-corrected chi connectivity index (χ3v) is 6.56. The Morgan fingerprint density at radius 1 is 0.667 bits per heavy atom. The Hall–Kier alpha value is -0.600. The van der Waals surface area contributed by atoms with Crippen LogP contribution in [0.25, 0.3) is 0 Å². The highest BCUT2D eigenvalue weighted by Crippen LogP contribution is 2.30. The van der Waals surface area contributed by atoms with Gasteiger partial charge in [0.25, 0.3) is 0 Å². The van der Waals surface area contributed by atoms with E-state index >= 15 is 0 Å². The maximum absolute atomic E-state index is 11.0. The zero-order valence-corrected chi connectivity index (χ0v) is 18.0. The summed E-state index contributed by atoms with van der Waals surface area (Å²) in [6.07, 6.45) is -13.9. The quantitative estimate of drug-likeness (QED) is 0.167. The first kappa shape index (κ1) is 27.0. The average molecular weight is 484 g/mol.